The molecule has 2 nitrogen and oxygen atoms in total. The Morgan fingerprint density at radius 3 is 1.50 bits per heavy atom. The summed E-state index contributed by atoms with van der Waals surface area (Å²) in [6.45, 7) is 0. The van der Waals surface area contributed by atoms with Crippen LogP contribution in [0.15, 0.2) is 0 Å². The number of carboxylic acids is 1. The summed E-state index contributed by atoms with van der Waals surface area (Å²) in [6.07, 6.45) is 0. The Balaban J connectivity index is 0. The van der Waals surface area contributed by atoms with Crippen LogP contribution in [0.1, 0.15) is 0 Å². The van der Waals surface area contributed by atoms with Crippen molar-refractivity contribution in [2.75, 3.05) is 0 Å². The van der Waals surface area contributed by atoms with E-state index in [0.29, 0.717) is 0 Å². The number of carbonyl (C=O) groups is 1. The van der Waals surface area contributed by atoms with E-state index in [2.05, 4.69) is 0 Å². The molecule has 8 heavy (non-hydrogen) atoms. The van der Waals surface area contributed by atoms with Crippen molar-refractivity contribution in [2.45, 2.75) is -0.565 Å². The topological polar surface area (TPSA) is 40.1 Å². The standard InChI is InChI=1S/C2HI3O2.Cs/c3-2(4,5)1(6)7;/h(H,6,7);/q;+1/p-1. The number of carboxylic acid groups (broad SMARTS) is 1. The Bertz CT molecular complexity index is 87.8. The summed E-state index contributed by atoms with van der Waals surface area (Å²) in [5, 5.41) is 9.89. The average Bonchev–Trinajstić information content (AvgIpc) is 1.31. The third kappa shape index (κ3) is 7.81. The third-order valence-electron chi connectivity index (χ3n) is 0.231. The fourth-order valence-corrected chi connectivity index (χ4v) is 0. The summed E-state index contributed by atoms with van der Waals surface area (Å²) in [6, 6.07) is 0. The van der Waals surface area contributed by atoms with Gasteiger partial charge in [0.15, 0.2) is -0.565 Å². The van der Waals surface area contributed by atoms with Gasteiger partial charge >= 0.3 is 68.9 Å². The molecule has 0 bridgehead atoms. The Morgan fingerprint density at radius 1 is 1.38 bits per heavy atom. The first kappa shape index (κ1) is 14.2. The molecule has 0 atom stereocenters. The molecule has 0 aliphatic heterocycles. The fourth-order valence-electron chi connectivity index (χ4n) is 0. The van der Waals surface area contributed by atoms with E-state index in [1.807, 2.05) is 0 Å². The van der Waals surface area contributed by atoms with Crippen LogP contribution in [-0.4, -0.2) is 5.40 Å². The predicted molar refractivity (Wildman–Crippen MR) is 49.8 cm³/mol. The maximum Gasteiger partial charge on any atom is 1.00 e. The molecular formula is C2CsI3O2. The van der Waals surface area contributed by atoms with Crippen LogP contribution in [0.4, 0.5) is 0 Å². The van der Waals surface area contributed by atoms with Crippen LogP contribution in [0.25, 0.3) is 0 Å². The number of halogens is 3. The van der Waals surface area contributed by atoms with Gasteiger partial charge in [-0.25, -0.2) is 0 Å². The number of hydrogen-bond acceptors (Lipinski definition) is 2. The van der Waals surface area contributed by atoms with Crippen LogP contribution < -0.4 is 74.0 Å². The van der Waals surface area contributed by atoms with Gasteiger partial charge in [-0.05, 0) is 67.8 Å². The Hall–Kier alpha value is 3.71. The summed E-state index contributed by atoms with van der Waals surface area (Å²) in [7, 11) is 0. The van der Waals surface area contributed by atoms with E-state index < -0.39 is 5.40 Å². The number of alkyl halides is 3. The van der Waals surface area contributed by atoms with E-state index in [1.165, 1.54) is 0 Å². The van der Waals surface area contributed by atoms with Crippen LogP contribution >= 0.6 is 67.8 Å². The van der Waals surface area contributed by atoms with E-state index in [4.69, 9.17) is 0 Å². The van der Waals surface area contributed by atoms with Gasteiger partial charge in [-0.3, -0.25) is 0 Å². The van der Waals surface area contributed by atoms with E-state index >= 15 is 0 Å². The molecule has 0 N–H and O–H groups in total. The zero-order valence-corrected chi connectivity index (χ0v) is 16.7. The van der Waals surface area contributed by atoms with Crippen molar-refractivity contribution in [3.05, 3.63) is 0 Å². The second-order valence-corrected chi connectivity index (χ2v) is 11.8. The van der Waals surface area contributed by atoms with Crippen molar-refractivity contribution in [3.63, 3.8) is 0 Å². The van der Waals surface area contributed by atoms with Crippen molar-refractivity contribution in [1.82, 2.24) is 0 Å². The van der Waals surface area contributed by atoms with Crippen molar-refractivity contribution >= 4 is 73.7 Å². The summed E-state index contributed by atoms with van der Waals surface area (Å²) in [5.74, 6) is -1.05. The zero-order chi connectivity index (χ0) is 6.08. The molecule has 0 saturated carbocycles. The molecule has 0 radical (unpaired) electrons. The monoisotopic (exact) mass is 570 g/mol. The van der Waals surface area contributed by atoms with Crippen LogP contribution in [0.2, 0.25) is 0 Å². The van der Waals surface area contributed by atoms with E-state index in [1.54, 1.807) is 67.8 Å². The minimum atomic E-state index is -1.05. The number of hydrogen-bond donors (Lipinski definition) is 0. The summed E-state index contributed by atoms with van der Waals surface area (Å²) < 4.78 is -0.784. The van der Waals surface area contributed by atoms with Gasteiger partial charge in [0.2, 0.25) is 0 Å². The molecule has 0 aliphatic carbocycles. The van der Waals surface area contributed by atoms with Gasteiger partial charge in [0.05, 0.1) is 5.97 Å². The van der Waals surface area contributed by atoms with Gasteiger partial charge in [0.1, 0.15) is 0 Å². The molecule has 0 unspecified atom stereocenters. The number of rotatable bonds is 1. The minimum Gasteiger partial charge on any atom is -0.547 e. The quantitative estimate of drug-likeness (QED) is 0.264. The maximum absolute atomic E-state index is 9.89. The largest absolute Gasteiger partial charge is 1.00 e. The smallest absolute Gasteiger partial charge is 0.547 e. The molecule has 0 spiro atoms. The van der Waals surface area contributed by atoms with E-state index in [9.17, 15) is 9.90 Å². The van der Waals surface area contributed by atoms with Crippen LogP contribution in [0, 0.1) is 0 Å². The van der Waals surface area contributed by atoms with Crippen molar-refractivity contribution in [2.24, 2.45) is 0 Å². The first-order chi connectivity index (χ1) is 2.94. The van der Waals surface area contributed by atoms with Gasteiger partial charge in [-0.15, -0.1) is 0 Å². The average molecular weight is 570 g/mol. The molecule has 0 aliphatic rings. The number of aliphatic carboxylic acids is 1. The van der Waals surface area contributed by atoms with E-state index in [0.717, 1.165) is 0 Å². The number of carbonyl (C=O) groups excluding carboxylic acids is 1. The minimum absolute atomic E-state index is 0. The van der Waals surface area contributed by atoms with Crippen LogP contribution in [0.5, 0.6) is 0 Å². The fraction of sp³-hybridized carbons (Fsp3) is 0.500. The van der Waals surface area contributed by atoms with Gasteiger partial charge in [-0.1, -0.05) is 0 Å². The van der Waals surface area contributed by atoms with Crippen molar-refractivity contribution in [3.8, 4) is 0 Å². The van der Waals surface area contributed by atoms with Crippen molar-refractivity contribution in [1.29, 1.82) is 0 Å². The molecule has 42 valence electrons. The first-order valence-electron chi connectivity index (χ1n) is 1.23. The van der Waals surface area contributed by atoms with E-state index in [-0.39, 0.29) is 68.9 Å². The van der Waals surface area contributed by atoms with Gasteiger partial charge < -0.3 is 9.90 Å². The molecule has 6 heteroatoms. The normalized spacial score (nSPS) is 9.88. The Morgan fingerprint density at radius 2 is 1.50 bits per heavy atom. The van der Waals surface area contributed by atoms with Gasteiger partial charge in [0.25, 0.3) is 0 Å². The summed E-state index contributed by atoms with van der Waals surface area (Å²) in [5.41, 5.74) is 0. The molecule has 0 aromatic rings. The zero-order valence-electron chi connectivity index (χ0n) is 3.95. The third-order valence-corrected chi connectivity index (χ3v) is 1.55. The molecule has 0 aromatic carbocycles. The van der Waals surface area contributed by atoms with Crippen LogP contribution in [0.3, 0.4) is 0 Å². The van der Waals surface area contributed by atoms with Gasteiger partial charge in [0, 0.05) is 0 Å². The Kier molecular flexibility index (Phi) is 11.1. The van der Waals surface area contributed by atoms with Gasteiger partial charge in [-0.2, -0.15) is 0 Å². The molecule has 0 fully saturated rings. The molecule has 0 rings (SSSR count). The first-order valence-corrected chi connectivity index (χ1v) is 4.46. The second-order valence-electron chi connectivity index (χ2n) is 0.785. The Labute approximate surface area is 147 Å². The van der Waals surface area contributed by atoms with Crippen molar-refractivity contribution < 1.29 is 78.8 Å². The SMILES string of the molecule is O=C([O-])C(I)(I)I.[Cs+]. The predicted octanol–water partition coefficient (Wildman–Crippen LogP) is -2.30. The summed E-state index contributed by atoms with van der Waals surface area (Å²) in [4.78, 5) is 9.89. The molecule has 0 aromatic heterocycles. The molecule has 0 saturated heterocycles. The second kappa shape index (κ2) is 6.25. The molecule has 0 amide bonds. The molecule has 0 heterocycles. The maximum atomic E-state index is 9.89. The summed E-state index contributed by atoms with van der Waals surface area (Å²) >= 11 is 5.33. The van der Waals surface area contributed by atoms with Crippen LogP contribution in [-0.2, 0) is 4.79 Å². The molecular weight excluding hydrogens is 570 g/mol.